The van der Waals surface area contributed by atoms with Crippen molar-refractivity contribution in [2.24, 2.45) is 0 Å². The first kappa shape index (κ1) is 87.8. The number of nitrogens with zero attached hydrogens (tertiary/aromatic N) is 6. The normalized spacial score (nSPS) is 12.4. The fourth-order valence-corrected chi connectivity index (χ4v) is 11.9. The lowest BCUT2D eigenvalue weighted by Gasteiger charge is -2.38. The summed E-state index contributed by atoms with van der Waals surface area (Å²) in [4.78, 5) is 88.9. The van der Waals surface area contributed by atoms with Crippen LogP contribution >= 0.6 is 47.0 Å². The fraction of sp³-hybridized carbons (Fsp3) is 0.868. The van der Waals surface area contributed by atoms with E-state index in [9.17, 15) is 37.5 Å². The Morgan fingerprint density at radius 2 is 0.539 bits per heavy atom. The molecule has 36 heteroatoms. The Kier molecular flexibility index (Phi) is 44.5. The predicted molar refractivity (Wildman–Crippen MR) is 320 cm³/mol. The summed E-state index contributed by atoms with van der Waals surface area (Å²) in [5, 5.41) is 35.8. The van der Waals surface area contributed by atoms with E-state index in [2.05, 4.69) is 4.74 Å². The van der Waals surface area contributed by atoms with Crippen LogP contribution in [0.4, 0.5) is 66.3 Å². The molecule has 2 rings (SSSR count). The summed E-state index contributed by atoms with van der Waals surface area (Å²) in [5.74, 6) is -25.7. The number of alkyl halides is 12. The van der Waals surface area contributed by atoms with Gasteiger partial charge in [-0.3, -0.25) is 0 Å². The number of hydrogen-bond donors (Lipinski definition) is 4. The average Bonchev–Trinajstić information content (AvgIpc) is 0.830. The third-order valence-electron chi connectivity index (χ3n) is 12.9. The summed E-state index contributed by atoms with van der Waals surface area (Å²) < 4.78 is 207. The van der Waals surface area contributed by atoms with Crippen LogP contribution in [0.1, 0.15) is 143 Å². The van der Waals surface area contributed by atoms with Crippen LogP contribution in [-0.4, -0.2) is 162 Å². The van der Waals surface area contributed by atoms with Gasteiger partial charge in [-0.2, -0.15) is 99.7 Å². The van der Waals surface area contributed by atoms with Crippen molar-refractivity contribution in [2.75, 3.05) is 72.5 Å². The zero-order chi connectivity index (χ0) is 65.9. The van der Waals surface area contributed by atoms with E-state index < -0.39 is 125 Å². The van der Waals surface area contributed by atoms with E-state index >= 15 is 52.7 Å². The van der Waals surface area contributed by atoms with Gasteiger partial charge in [0.2, 0.25) is 0 Å². The molecule has 0 saturated heterocycles. The van der Waals surface area contributed by atoms with E-state index in [0.717, 1.165) is 51.4 Å². The summed E-state index contributed by atoms with van der Waals surface area (Å²) in [7, 11) is 0. The molecule has 2 aromatic rings. The number of hydrogen-bond acceptors (Lipinski definition) is 16. The van der Waals surface area contributed by atoms with Crippen molar-refractivity contribution in [1.82, 2.24) is 27.4 Å². The van der Waals surface area contributed by atoms with E-state index in [4.69, 9.17) is 25.2 Å². The Balaban J connectivity index is 0. The first-order chi connectivity index (χ1) is 40.9. The van der Waals surface area contributed by atoms with Crippen LogP contribution in [0.2, 0.25) is 0 Å². The largest absolute Gasteiger partial charge is 0.483 e. The lowest BCUT2D eigenvalue weighted by molar-refractivity contribution is -0.497. The highest BCUT2D eigenvalue weighted by molar-refractivity contribution is 7.99. The van der Waals surface area contributed by atoms with E-state index in [1.165, 1.54) is 47.0 Å². The number of unbranched alkanes of at least 4 members (excludes halogenated alkanes) is 12. The Morgan fingerprint density at radius 3 is 0.787 bits per heavy atom. The van der Waals surface area contributed by atoms with E-state index in [1.807, 2.05) is 0 Å². The highest BCUT2D eigenvalue weighted by Crippen LogP contribution is 2.55. The van der Waals surface area contributed by atoms with Gasteiger partial charge in [0.1, 0.15) is 13.1 Å². The quantitative estimate of drug-likeness (QED) is 0.0274. The molecule has 0 saturated carbocycles. The average molecular weight is 1400 g/mol. The second-order valence-electron chi connectivity index (χ2n) is 19.8. The van der Waals surface area contributed by atoms with Crippen molar-refractivity contribution in [3.63, 3.8) is 0 Å². The van der Waals surface area contributed by atoms with Crippen LogP contribution in [0, 0.1) is 0 Å². The van der Waals surface area contributed by atoms with Crippen LogP contribution < -0.4 is 34.1 Å². The highest BCUT2D eigenvalue weighted by Gasteiger charge is 2.84. The summed E-state index contributed by atoms with van der Waals surface area (Å²) >= 11 is 5.28. The molecule has 0 aromatic carbocycles. The molecule has 89 heavy (non-hydrogen) atoms. The van der Waals surface area contributed by atoms with E-state index in [-0.39, 0.29) is 108 Å². The second-order valence-corrected chi connectivity index (χ2v) is 24.7. The Bertz CT molecular complexity index is 2540. The molecule has 2 heterocycles. The number of aromatic nitrogens is 6. The van der Waals surface area contributed by atoms with Crippen LogP contribution in [0.25, 0.3) is 0 Å². The molecule has 0 aliphatic carbocycles. The predicted octanol–water partition coefficient (Wildman–Crippen LogP) is 10.1. The first-order valence-electron chi connectivity index (χ1n) is 28.3. The molecule has 0 atom stereocenters. The van der Waals surface area contributed by atoms with Crippen molar-refractivity contribution in [2.45, 2.75) is 218 Å². The Hall–Kier alpha value is -3.29. The number of carbonyl (C=O) groups is 1. The molecule has 0 amide bonds. The van der Waals surface area contributed by atoms with Crippen LogP contribution in [0.3, 0.4) is 0 Å². The minimum atomic E-state index is -7.92. The topological polar surface area (TPSA) is 239 Å². The minimum absolute atomic E-state index is 0. The third kappa shape index (κ3) is 29.3. The minimum Gasteiger partial charge on any atom is -0.396 e. The van der Waals surface area contributed by atoms with E-state index in [0.29, 0.717) is 74.4 Å². The maximum Gasteiger partial charge on any atom is 0.483 e. The summed E-state index contributed by atoms with van der Waals surface area (Å²) in [6, 6.07) is 0. The molecular weight excluding hydrogens is 1310 g/mol. The van der Waals surface area contributed by atoms with Crippen LogP contribution in [-0.2, 0) is 44.0 Å². The van der Waals surface area contributed by atoms with Gasteiger partial charge < -0.3 is 20.4 Å². The van der Waals surface area contributed by atoms with E-state index in [1.54, 1.807) is 0 Å². The lowest BCUT2D eigenvalue weighted by Crippen LogP contribution is -2.67. The van der Waals surface area contributed by atoms with Gasteiger partial charge >= 0.3 is 76.3 Å². The fourth-order valence-electron chi connectivity index (χ4n) is 8.09. The third-order valence-corrected chi connectivity index (χ3v) is 17.5. The summed E-state index contributed by atoms with van der Waals surface area (Å²) in [5.41, 5.74) is -11.0. The van der Waals surface area contributed by atoms with Gasteiger partial charge in [0, 0.05) is 52.6 Å². The standard InChI is InChI=1S/C50H80F12N6O11S4.CF2O.2CH4/c51-45(52,37-67-41(75)63(21-17-33-80-29-13-5-1-9-25-69)39(73)64(42(67)76)22-18-34-81-30-14-6-2-10-26-70)47(55,56)48(57,58)50(61,62)79-49(59,60)46(53,54)38-68-43(77)65(23-19-35-82-31-15-7-3-11-27-71)40(74)66(44(68)78)24-20-36-83-32-16-8-4-12-28-72;2-1(3)4;;/h69-72H,1-38H2;;2*1H4. The molecule has 0 aliphatic heterocycles. The van der Waals surface area contributed by atoms with Crippen molar-refractivity contribution >= 4 is 53.3 Å². The molecule has 2 aromatic heterocycles. The Morgan fingerprint density at radius 1 is 0.326 bits per heavy atom. The maximum atomic E-state index is 15.7. The number of aliphatic hydroxyl groups excluding tert-OH is 4. The van der Waals surface area contributed by atoms with Gasteiger partial charge in [0.15, 0.2) is 0 Å². The van der Waals surface area contributed by atoms with Crippen LogP contribution in [0.15, 0.2) is 28.8 Å². The van der Waals surface area contributed by atoms with Crippen molar-refractivity contribution in [3.8, 4) is 0 Å². The summed E-state index contributed by atoms with van der Waals surface area (Å²) in [6.45, 7) is -8.79. The number of rotatable bonds is 50. The first-order valence-corrected chi connectivity index (χ1v) is 33.0. The molecule has 0 unspecified atom stereocenters. The van der Waals surface area contributed by atoms with Gasteiger partial charge in [-0.25, -0.2) is 65.7 Å². The monoisotopic (exact) mass is 1390 g/mol. The maximum absolute atomic E-state index is 15.7. The number of halogens is 14. The number of aliphatic hydroxyl groups is 4. The van der Waals surface area contributed by atoms with Gasteiger partial charge in [-0.15, -0.1) is 8.78 Å². The Labute approximate surface area is 523 Å². The van der Waals surface area contributed by atoms with Gasteiger partial charge in [-0.1, -0.05) is 66.2 Å². The van der Waals surface area contributed by atoms with Crippen LogP contribution in [0.5, 0.6) is 0 Å². The number of ether oxygens (including phenoxy) is 1. The highest BCUT2D eigenvalue weighted by atomic mass is 32.2. The number of thioether (sulfide) groups is 4. The SMILES string of the molecule is C.C.O=C(F)F.O=c1n(CCCSCCCCCCO)c(=O)n(CC(F)(F)C(F)(F)OC(F)(F)C(F)(F)C(F)(F)C(F)(F)Cn2c(=O)n(CCCSCCCCCCO)c(=O)n(CCCSCCCCCCO)c2=O)c(=O)n1CCCSCCCCCCO. The zero-order valence-electron chi connectivity index (χ0n) is 48.0. The molecule has 0 bridgehead atoms. The van der Waals surface area contributed by atoms with Crippen molar-refractivity contribution < 1.29 is 91.4 Å². The molecule has 0 aliphatic rings. The summed E-state index contributed by atoms with van der Waals surface area (Å²) in [6.07, 6.45) is -7.04. The van der Waals surface area contributed by atoms with Gasteiger partial charge in [0.05, 0.1) is 0 Å². The number of carbonyl (C=O) groups excluding carboxylic acids is 1. The van der Waals surface area contributed by atoms with Crippen molar-refractivity contribution in [1.29, 1.82) is 0 Å². The zero-order valence-corrected chi connectivity index (χ0v) is 51.3. The molecule has 0 fully saturated rings. The second kappa shape index (κ2) is 45.1. The lowest BCUT2D eigenvalue weighted by atomic mass is 10.0. The molecule has 4 N–H and O–H groups in total. The molecule has 18 nitrogen and oxygen atoms in total. The molecule has 0 spiro atoms. The van der Waals surface area contributed by atoms with Gasteiger partial charge in [-0.05, 0) is 123 Å². The smallest absolute Gasteiger partial charge is 0.396 e. The van der Waals surface area contributed by atoms with Crippen molar-refractivity contribution in [3.05, 3.63) is 62.9 Å². The molecule has 0 radical (unpaired) electrons. The molecular formula is C53H88F14N6O12S4. The van der Waals surface area contributed by atoms with Gasteiger partial charge in [0.25, 0.3) is 0 Å². The molecule has 524 valence electrons.